The van der Waals surface area contributed by atoms with Gasteiger partial charge >= 0.3 is 0 Å². The summed E-state index contributed by atoms with van der Waals surface area (Å²) >= 11 is 0. The normalized spacial score (nSPS) is 23.9. The third-order valence-electron chi connectivity index (χ3n) is 9.39. The van der Waals surface area contributed by atoms with Gasteiger partial charge in [0.1, 0.15) is 17.7 Å². The van der Waals surface area contributed by atoms with E-state index in [2.05, 4.69) is 46.3 Å². The Morgan fingerprint density at radius 3 is 2.23 bits per heavy atom. The van der Waals surface area contributed by atoms with Crippen molar-refractivity contribution in [3.8, 4) is 23.0 Å². The maximum absolute atomic E-state index is 14.6. The molecule has 3 aromatic rings. The van der Waals surface area contributed by atoms with Gasteiger partial charge in [-0.3, -0.25) is 0 Å². The quantitative estimate of drug-likeness (QED) is 0.440. The van der Waals surface area contributed by atoms with Crippen molar-refractivity contribution in [3.63, 3.8) is 0 Å². The molecule has 2 aromatic carbocycles. The molecule has 8 heteroatoms. The predicted molar refractivity (Wildman–Crippen MR) is 152 cm³/mol. The van der Waals surface area contributed by atoms with Gasteiger partial charge in [0.15, 0.2) is 0 Å². The smallest absolute Gasteiger partial charge is 0.149 e. The fraction of sp³-hybridized carbons (Fsp3) is 0.484. The number of fused-ring (bicyclic) bond motifs is 3. The van der Waals surface area contributed by atoms with Gasteiger partial charge in [0.25, 0.3) is 0 Å². The molecule has 0 unspecified atom stereocenters. The number of aromatic nitrogens is 2. The van der Waals surface area contributed by atoms with Crippen LogP contribution in [0.5, 0.6) is 0 Å². The molecule has 0 radical (unpaired) electrons. The van der Waals surface area contributed by atoms with Crippen LogP contribution in [0.4, 0.5) is 15.9 Å². The van der Waals surface area contributed by atoms with Gasteiger partial charge in [-0.15, -0.1) is 5.10 Å². The van der Waals surface area contributed by atoms with Crippen LogP contribution in [0.25, 0.3) is 16.9 Å². The molecule has 1 aromatic heterocycles. The molecule has 0 saturated carbocycles. The maximum atomic E-state index is 14.6. The number of benzene rings is 2. The van der Waals surface area contributed by atoms with Gasteiger partial charge in [0.05, 0.1) is 22.5 Å². The minimum absolute atomic E-state index is 0.0429. The Balaban J connectivity index is 1.27. The van der Waals surface area contributed by atoms with E-state index < -0.39 is 5.82 Å². The molecule has 0 atom stereocenters. The van der Waals surface area contributed by atoms with Gasteiger partial charge in [-0.05, 0) is 100 Å². The molecule has 204 valence electrons. The number of hydrogen-bond donors (Lipinski definition) is 1. The molecule has 0 amide bonds. The number of piperidine rings is 4. The summed E-state index contributed by atoms with van der Waals surface area (Å²) in [6, 6.07) is 17.1. The SMILES string of the molecule is COC1(C)CCN(c2ccc(-n3nc(NCC45CCN(CC4)CC5)cc3-c3ccc(C#N)c(F)c3)cc2)CC1. The lowest BCUT2D eigenvalue weighted by Gasteiger charge is -2.48. The van der Waals surface area contributed by atoms with Gasteiger partial charge in [0, 0.05) is 44.1 Å². The molecular weight excluding hydrogens is 491 g/mol. The molecule has 39 heavy (non-hydrogen) atoms. The van der Waals surface area contributed by atoms with Crippen molar-refractivity contribution in [1.82, 2.24) is 14.7 Å². The summed E-state index contributed by atoms with van der Waals surface area (Å²) in [5.74, 6) is 0.268. The van der Waals surface area contributed by atoms with Crippen molar-refractivity contribution in [1.29, 1.82) is 5.26 Å². The van der Waals surface area contributed by atoms with Crippen LogP contribution in [0.15, 0.2) is 48.5 Å². The lowest BCUT2D eigenvalue weighted by molar-refractivity contribution is -0.0132. The van der Waals surface area contributed by atoms with Gasteiger partial charge < -0.3 is 19.9 Å². The molecule has 4 saturated heterocycles. The fourth-order valence-corrected chi connectivity index (χ4v) is 6.32. The van der Waals surface area contributed by atoms with Crippen molar-refractivity contribution in [3.05, 3.63) is 59.9 Å². The van der Waals surface area contributed by atoms with Crippen LogP contribution < -0.4 is 10.2 Å². The fourth-order valence-electron chi connectivity index (χ4n) is 6.32. The zero-order chi connectivity index (χ0) is 27.0. The topological polar surface area (TPSA) is 69.3 Å². The monoisotopic (exact) mass is 528 g/mol. The van der Waals surface area contributed by atoms with Crippen LogP contribution in [0.3, 0.4) is 0 Å². The second kappa shape index (κ2) is 10.3. The number of nitrogens with one attached hydrogen (secondary N) is 1. The van der Waals surface area contributed by atoms with E-state index in [4.69, 9.17) is 9.84 Å². The maximum Gasteiger partial charge on any atom is 0.149 e. The number of anilines is 2. The molecule has 1 N–H and O–H groups in total. The number of halogens is 1. The van der Waals surface area contributed by atoms with E-state index in [1.165, 1.54) is 56.7 Å². The minimum Gasteiger partial charge on any atom is -0.378 e. The molecule has 4 fully saturated rings. The van der Waals surface area contributed by atoms with E-state index in [-0.39, 0.29) is 11.2 Å². The first-order valence-electron chi connectivity index (χ1n) is 14.1. The number of hydrogen-bond acceptors (Lipinski definition) is 6. The van der Waals surface area contributed by atoms with E-state index in [0.29, 0.717) is 11.0 Å². The van der Waals surface area contributed by atoms with Gasteiger partial charge in [-0.25, -0.2) is 9.07 Å². The van der Waals surface area contributed by atoms with Crippen LogP contribution >= 0.6 is 0 Å². The molecule has 4 aliphatic heterocycles. The van der Waals surface area contributed by atoms with E-state index in [1.54, 1.807) is 13.2 Å². The van der Waals surface area contributed by atoms with E-state index >= 15 is 0 Å². The third-order valence-corrected chi connectivity index (χ3v) is 9.39. The summed E-state index contributed by atoms with van der Waals surface area (Å²) < 4.78 is 22.2. The highest BCUT2D eigenvalue weighted by molar-refractivity contribution is 5.67. The van der Waals surface area contributed by atoms with Crippen LogP contribution in [0, 0.1) is 22.6 Å². The van der Waals surface area contributed by atoms with Crippen molar-refractivity contribution >= 4 is 11.5 Å². The van der Waals surface area contributed by atoms with Crippen molar-refractivity contribution in [2.24, 2.45) is 5.41 Å². The molecule has 5 heterocycles. The number of nitrogens with zero attached hydrogens (tertiary/aromatic N) is 5. The van der Waals surface area contributed by atoms with Gasteiger partial charge in [-0.2, -0.15) is 5.26 Å². The van der Waals surface area contributed by atoms with E-state index in [0.717, 1.165) is 49.7 Å². The second-order valence-corrected chi connectivity index (χ2v) is 11.7. The summed E-state index contributed by atoms with van der Waals surface area (Å²) in [5, 5.41) is 17.8. The average Bonchev–Trinajstić information content (AvgIpc) is 3.42. The molecule has 4 aliphatic rings. The Morgan fingerprint density at radius 2 is 1.62 bits per heavy atom. The summed E-state index contributed by atoms with van der Waals surface area (Å²) in [4.78, 5) is 4.95. The summed E-state index contributed by atoms with van der Waals surface area (Å²) in [7, 11) is 1.80. The standard InChI is InChI=1S/C31H37FN6O/c1-30(39-2)9-17-37(18-10-30)25-5-7-26(8-6-25)38-28(23-3-4-24(21-33)27(32)19-23)20-29(35-38)34-22-31-11-14-36(15-12-31)16-13-31/h3-8,19-20H,9-18,22H2,1-2H3,(H,34,35). The first kappa shape index (κ1) is 25.8. The number of methoxy groups -OCH3 is 1. The van der Waals surface area contributed by atoms with Crippen LogP contribution in [0.1, 0.15) is 44.6 Å². The van der Waals surface area contributed by atoms with E-state index in [1.807, 2.05) is 16.8 Å². The number of ether oxygens (including phenoxy) is 1. The van der Waals surface area contributed by atoms with Gasteiger partial charge in [0.2, 0.25) is 0 Å². The summed E-state index contributed by atoms with van der Waals surface area (Å²) in [6.07, 6.45) is 5.64. The molecular formula is C31H37FN6O. The van der Waals surface area contributed by atoms with Crippen LogP contribution in [-0.2, 0) is 4.74 Å². The zero-order valence-electron chi connectivity index (χ0n) is 22.9. The Kier molecular flexibility index (Phi) is 6.82. The Hall–Kier alpha value is -3.41. The first-order valence-corrected chi connectivity index (χ1v) is 14.1. The van der Waals surface area contributed by atoms with Crippen LogP contribution in [-0.4, -0.2) is 66.7 Å². The van der Waals surface area contributed by atoms with Crippen molar-refractivity contribution < 1.29 is 9.13 Å². The van der Waals surface area contributed by atoms with Crippen molar-refractivity contribution in [2.75, 3.05) is 56.6 Å². The van der Waals surface area contributed by atoms with Gasteiger partial charge in [-0.1, -0.05) is 6.07 Å². The molecule has 7 nitrogen and oxygen atoms in total. The number of nitriles is 1. The molecule has 0 aliphatic carbocycles. The largest absolute Gasteiger partial charge is 0.378 e. The summed E-state index contributed by atoms with van der Waals surface area (Å²) in [5.41, 5.74) is 3.89. The third kappa shape index (κ3) is 5.13. The average molecular weight is 529 g/mol. The second-order valence-electron chi connectivity index (χ2n) is 11.7. The Bertz CT molecular complexity index is 1350. The van der Waals surface area contributed by atoms with Crippen molar-refractivity contribution in [2.45, 2.75) is 44.6 Å². The highest BCUT2D eigenvalue weighted by Crippen LogP contribution is 2.40. The Morgan fingerprint density at radius 1 is 0.949 bits per heavy atom. The highest BCUT2D eigenvalue weighted by Gasteiger charge is 2.39. The Labute approximate surface area is 230 Å². The number of rotatable bonds is 7. The molecule has 2 bridgehead atoms. The molecule has 7 rings (SSSR count). The predicted octanol–water partition coefficient (Wildman–Crippen LogP) is 5.45. The minimum atomic E-state index is -0.520. The lowest BCUT2D eigenvalue weighted by Crippen LogP contribution is -2.50. The highest BCUT2D eigenvalue weighted by atomic mass is 19.1. The lowest BCUT2D eigenvalue weighted by atomic mass is 9.72. The van der Waals surface area contributed by atoms with E-state index in [9.17, 15) is 9.65 Å². The summed E-state index contributed by atoms with van der Waals surface area (Å²) in [6.45, 7) is 8.53. The van der Waals surface area contributed by atoms with Crippen LogP contribution in [0.2, 0.25) is 0 Å². The zero-order valence-corrected chi connectivity index (χ0v) is 22.9. The molecule has 0 spiro atoms. The first-order chi connectivity index (χ1) is 18.9.